The minimum Gasteiger partial charge on any atom is -0.260 e. The monoisotopic (exact) mass is 462 g/mol. The molecule has 0 aliphatic carbocycles. The molecule has 3 rings (SSSR count). The minimum atomic E-state index is -3.84. The van der Waals surface area contributed by atoms with E-state index in [-0.39, 0.29) is 4.90 Å². The van der Waals surface area contributed by atoms with Gasteiger partial charge in [-0.1, -0.05) is 52.3 Å². The molecule has 0 bridgehead atoms. The molecule has 0 fully saturated rings. The fourth-order valence-electron chi connectivity index (χ4n) is 2.74. The highest BCUT2D eigenvalue weighted by atomic mass is 79.9. The molecular formula is C20H19BrN2O2S2. The summed E-state index contributed by atoms with van der Waals surface area (Å²) in [5.41, 5.74) is 3.58. The lowest BCUT2D eigenvalue weighted by molar-refractivity contribution is 0.596. The zero-order valence-corrected chi connectivity index (χ0v) is 17.7. The van der Waals surface area contributed by atoms with Crippen LogP contribution in [0.5, 0.6) is 0 Å². The van der Waals surface area contributed by atoms with Gasteiger partial charge in [0.25, 0.3) is 0 Å². The van der Waals surface area contributed by atoms with Crippen LogP contribution in [0.25, 0.3) is 0 Å². The zero-order valence-electron chi connectivity index (χ0n) is 14.5. The van der Waals surface area contributed by atoms with Crippen LogP contribution < -0.4 is 5.14 Å². The van der Waals surface area contributed by atoms with Crippen molar-refractivity contribution in [3.63, 3.8) is 0 Å². The standard InChI is InChI=1S/C20H19BrN2O2S2/c21-13-16-11-19(26-14-17-8-4-5-9-23-17)18(20(12-16)27(22,24)25)10-15-6-2-1-3-7-15/h1-9,11-12H,10,13-14H2,(H2,22,24,25). The molecule has 1 aromatic heterocycles. The number of sulfonamides is 1. The molecule has 0 saturated heterocycles. The zero-order chi connectivity index (χ0) is 19.3. The normalized spacial score (nSPS) is 11.5. The van der Waals surface area contributed by atoms with Crippen LogP contribution in [0.3, 0.4) is 0 Å². The fourth-order valence-corrected chi connectivity index (χ4v) is 5.04. The van der Waals surface area contributed by atoms with Crippen molar-refractivity contribution < 1.29 is 8.42 Å². The van der Waals surface area contributed by atoms with Gasteiger partial charge in [0, 0.05) is 22.2 Å². The maximum atomic E-state index is 12.3. The average molecular weight is 463 g/mol. The molecule has 2 aromatic carbocycles. The van der Waals surface area contributed by atoms with Gasteiger partial charge in [-0.25, -0.2) is 13.6 Å². The van der Waals surface area contributed by atoms with Crippen molar-refractivity contribution in [3.05, 3.63) is 89.2 Å². The summed E-state index contributed by atoms with van der Waals surface area (Å²) in [6.45, 7) is 0. The molecule has 0 saturated carbocycles. The third-order valence-corrected chi connectivity index (χ3v) is 6.75. The molecule has 4 nitrogen and oxygen atoms in total. The lowest BCUT2D eigenvalue weighted by Gasteiger charge is -2.16. The molecule has 0 aliphatic rings. The number of pyridine rings is 1. The molecule has 27 heavy (non-hydrogen) atoms. The summed E-state index contributed by atoms with van der Waals surface area (Å²) in [6, 6.07) is 19.3. The van der Waals surface area contributed by atoms with E-state index >= 15 is 0 Å². The molecule has 1 heterocycles. The van der Waals surface area contributed by atoms with E-state index in [1.54, 1.807) is 24.0 Å². The van der Waals surface area contributed by atoms with Crippen LogP contribution in [0, 0.1) is 0 Å². The third kappa shape index (κ3) is 5.42. The van der Waals surface area contributed by atoms with Gasteiger partial charge in [-0.3, -0.25) is 4.98 Å². The van der Waals surface area contributed by atoms with E-state index in [9.17, 15) is 8.42 Å². The van der Waals surface area contributed by atoms with Gasteiger partial charge in [-0.2, -0.15) is 0 Å². The van der Waals surface area contributed by atoms with Crippen molar-refractivity contribution in [3.8, 4) is 0 Å². The molecule has 0 radical (unpaired) electrons. The topological polar surface area (TPSA) is 73.1 Å². The van der Waals surface area contributed by atoms with Crippen molar-refractivity contribution in [1.29, 1.82) is 0 Å². The van der Waals surface area contributed by atoms with E-state index in [1.165, 1.54) is 0 Å². The average Bonchev–Trinajstić information content (AvgIpc) is 2.67. The summed E-state index contributed by atoms with van der Waals surface area (Å²) >= 11 is 5.00. The van der Waals surface area contributed by atoms with Gasteiger partial charge >= 0.3 is 0 Å². The van der Waals surface area contributed by atoms with Gasteiger partial charge in [0.2, 0.25) is 10.0 Å². The number of hydrogen-bond acceptors (Lipinski definition) is 4. The summed E-state index contributed by atoms with van der Waals surface area (Å²) in [7, 11) is -3.84. The molecule has 0 unspecified atom stereocenters. The van der Waals surface area contributed by atoms with Crippen molar-refractivity contribution in [1.82, 2.24) is 4.98 Å². The highest BCUT2D eigenvalue weighted by molar-refractivity contribution is 9.08. The van der Waals surface area contributed by atoms with E-state index in [0.29, 0.717) is 17.5 Å². The molecule has 0 amide bonds. The van der Waals surface area contributed by atoms with Crippen molar-refractivity contribution in [2.75, 3.05) is 0 Å². The SMILES string of the molecule is NS(=O)(=O)c1cc(CBr)cc(SCc2ccccn2)c1Cc1ccccc1. The van der Waals surface area contributed by atoms with Gasteiger partial charge in [0.1, 0.15) is 0 Å². The maximum absolute atomic E-state index is 12.3. The Hall–Kier alpha value is -1.67. The van der Waals surface area contributed by atoms with Crippen molar-refractivity contribution >= 4 is 37.7 Å². The molecule has 0 atom stereocenters. The van der Waals surface area contributed by atoms with Crippen LogP contribution in [0.2, 0.25) is 0 Å². The number of hydrogen-bond donors (Lipinski definition) is 1. The largest absolute Gasteiger partial charge is 0.260 e. The first-order chi connectivity index (χ1) is 13.0. The Labute approximate surface area is 172 Å². The van der Waals surface area contributed by atoms with E-state index in [2.05, 4.69) is 20.9 Å². The van der Waals surface area contributed by atoms with Crippen LogP contribution in [-0.2, 0) is 27.5 Å². The second-order valence-electron chi connectivity index (χ2n) is 6.02. The number of aromatic nitrogens is 1. The van der Waals surface area contributed by atoms with E-state index in [4.69, 9.17) is 5.14 Å². The summed E-state index contributed by atoms with van der Waals surface area (Å²) in [5.74, 6) is 0.651. The predicted octanol–water partition coefficient (Wildman–Crippen LogP) is 4.51. The van der Waals surface area contributed by atoms with Crippen LogP contribution in [-0.4, -0.2) is 13.4 Å². The van der Waals surface area contributed by atoms with E-state index in [1.807, 2.05) is 54.6 Å². The first kappa shape index (κ1) is 20.1. The van der Waals surface area contributed by atoms with Crippen molar-refractivity contribution in [2.24, 2.45) is 5.14 Å². The molecule has 2 N–H and O–H groups in total. The van der Waals surface area contributed by atoms with E-state index < -0.39 is 10.0 Å². The highest BCUT2D eigenvalue weighted by Gasteiger charge is 2.20. The Morgan fingerprint density at radius 3 is 2.37 bits per heavy atom. The smallest absolute Gasteiger partial charge is 0.238 e. The van der Waals surface area contributed by atoms with Crippen LogP contribution in [0.4, 0.5) is 0 Å². The Morgan fingerprint density at radius 1 is 1.00 bits per heavy atom. The third-order valence-electron chi connectivity index (χ3n) is 4.01. The first-order valence-electron chi connectivity index (χ1n) is 8.28. The molecular weight excluding hydrogens is 444 g/mol. The van der Waals surface area contributed by atoms with Crippen LogP contribution >= 0.6 is 27.7 Å². The van der Waals surface area contributed by atoms with Gasteiger partial charge in [0.15, 0.2) is 0 Å². The summed E-state index contributed by atoms with van der Waals surface area (Å²) in [4.78, 5) is 5.44. The number of nitrogens with zero attached hydrogens (tertiary/aromatic N) is 1. The first-order valence-corrected chi connectivity index (χ1v) is 11.9. The number of halogens is 1. The molecule has 3 aromatic rings. The number of alkyl halides is 1. The Bertz CT molecular complexity index is 1010. The van der Waals surface area contributed by atoms with E-state index in [0.717, 1.165) is 27.3 Å². The maximum Gasteiger partial charge on any atom is 0.238 e. The number of nitrogens with two attached hydrogens (primary N) is 1. The summed E-state index contributed by atoms with van der Waals surface area (Å²) in [5, 5.41) is 6.10. The molecule has 140 valence electrons. The number of primary sulfonamides is 1. The fraction of sp³-hybridized carbons (Fsp3) is 0.150. The minimum absolute atomic E-state index is 0.187. The Balaban J connectivity index is 2.05. The Morgan fingerprint density at radius 2 is 1.74 bits per heavy atom. The quantitative estimate of drug-likeness (QED) is 0.414. The lowest BCUT2D eigenvalue weighted by Crippen LogP contribution is -2.16. The Kier molecular flexibility index (Phi) is 6.70. The summed E-state index contributed by atoms with van der Waals surface area (Å²) in [6.07, 6.45) is 2.26. The second-order valence-corrected chi connectivity index (χ2v) is 9.13. The lowest BCUT2D eigenvalue weighted by atomic mass is 10.0. The van der Waals surface area contributed by atoms with Gasteiger partial charge in [-0.15, -0.1) is 11.8 Å². The molecule has 7 heteroatoms. The van der Waals surface area contributed by atoms with Crippen LogP contribution in [0.15, 0.2) is 76.7 Å². The predicted molar refractivity (Wildman–Crippen MR) is 113 cm³/mol. The van der Waals surface area contributed by atoms with Gasteiger partial charge in [-0.05, 0) is 47.4 Å². The molecule has 0 aliphatic heterocycles. The van der Waals surface area contributed by atoms with Crippen LogP contribution in [0.1, 0.15) is 22.4 Å². The van der Waals surface area contributed by atoms with Crippen molar-refractivity contribution in [2.45, 2.75) is 27.3 Å². The molecule has 0 spiro atoms. The summed E-state index contributed by atoms with van der Waals surface area (Å²) < 4.78 is 24.6. The van der Waals surface area contributed by atoms with Gasteiger partial charge < -0.3 is 0 Å². The second kappa shape index (κ2) is 9.01. The number of thioether (sulfide) groups is 1. The number of benzene rings is 2. The van der Waals surface area contributed by atoms with Gasteiger partial charge in [0.05, 0.1) is 10.6 Å². The number of rotatable bonds is 7. The highest BCUT2D eigenvalue weighted by Crippen LogP contribution is 2.33.